The molecule has 0 radical (unpaired) electrons. The van der Waals surface area contributed by atoms with Gasteiger partial charge in [0, 0.05) is 17.0 Å². The number of thioether (sulfide) groups is 1. The number of hydrogen-bond acceptors (Lipinski definition) is 7. The summed E-state index contributed by atoms with van der Waals surface area (Å²) in [4.78, 5) is 24.4. The van der Waals surface area contributed by atoms with Crippen molar-refractivity contribution in [3.8, 4) is 5.75 Å². The fourth-order valence-electron chi connectivity index (χ4n) is 3.13. The molecule has 0 saturated carbocycles. The fraction of sp³-hybridized carbons (Fsp3) is 0.174. The Morgan fingerprint density at radius 3 is 2.29 bits per heavy atom. The summed E-state index contributed by atoms with van der Waals surface area (Å²) in [7, 11) is -2.73. The largest absolute Gasteiger partial charge is 0.495 e. The zero-order chi connectivity index (χ0) is 24.9. The number of rotatable bonds is 9. The second kappa shape index (κ2) is 10.6. The van der Waals surface area contributed by atoms with E-state index in [9.17, 15) is 23.3 Å². The Bertz CT molecular complexity index is 1290. The highest BCUT2D eigenvalue weighted by atomic mass is 32.2. The van der Waals surface area contributed by atoms with Crippen molar-refractivity contribution in [1.29, 1.82) is 0 Å². The lowest BCUT2D eigenvalue weighted by Gasteiger charge is -2.24. The minimum atomic E-state index is -4.09. The van der Waals surface area contributed by atoms with Gasteiger partial charge in [-0.1, -0.05) is 17.7 Å². The third-order valence-electron chi connectivity index (χ3n) is 4.92. The molecule has 11 heteroatoms. The van der Waals surface area contributed by atoms with Crippen LogP contribution in [-0.2, 0) is 14.8 Å². The Kier molecular flexibility index (Phi) is 7.79. The lowest BCUT2D eigenvalue weighted by molar-refractivity contribution is -0.384. The molecule has 0 heterocycles. The standard InChI is InChI=1S/C23H23N3O6S2/c1-16-4-6-17(7-5-16)25(34(30,31)20-11-9-19(33-3)10-12-20)15-23(27)24-21-14-18(26(28)29)8-13-22(21)32-2/h4-14H,15H2,1-3H3,(H,24,27). The summed E-state index contributed by atoms with van der Waals surface area (Å²) in [6, 6.07) is 16.8. The van der Waals surface area contributed by atoms with Crippen LogP contribution in [0.1, 0.15) is 5.56 Å². The Labute approximate surface area is 201 Å². The minimum absolute atomic E-state index is 0.0339. The number of methoxy groups -OCH3 is 1. The molecule has 3 aromatic rings. The quantitative estimate of drug-likeness (QED) is 0.261. The van der Waals surface area contributed by atoms with E-state index >= 15 is 0 Å². The SMILES string of the molecule is COc1ccc([N+](=O)[O-])cc1NC(=O)CN(c1ccc(C)cc1)S(=O)(=O)c1ccc(SC)cc1. The second-order valence-electron chi connectivity index (χ2n) is 7.21. The van der Waals surface area contributed by atoms with E-state index in [1.165, 1.54) is 43.1 Å². The molecule has 3 aromatic carbocycles. The van der Waals surface area contributed by atoms with Crippen molar-refractivity contribution in [2.45, 2.75) is 16.7 Å². The summed E-state index contributed by atoms with van der Waals surface area (Å²) in [6.45, 7) is 1.31. The fourth-order valence-corrected chi connectivity index (χ4v) is 4.96. The number of benzene rings is 3. The van der Waals surface area contributed by atoms with Gasteiger partial charge in [0.25, 0.3) is 15.7 Å². The van der Waals surface area contributed by atoms with Gasteiger partial charge in [-0.25, -0.2) is 8.42 Å². The van der Waals surface area contributed by atoms with E-state index in [1.54, 1.807) is 36.4 Å². The number of nitrogens with zero attached hydrogens (tertiary/aromatic N) is 2. The number of nitro groups is 1. The van der Waals surface area contributed by atoms with Crippen molar-refractivity contribution in [1.82, 2.24) is 0 Å². The molecule has 34 heavy (non-hydrogen) atoms. The number of ether oxygens (including phenoxy) is 1. The molecule has 1 N–H and O–H groups in total. The number of amides is 1. The van der Waals surface area contributed by atoms with Crippen LogP contribution in [0.3, 0.4) is 0 Å². The van der Waals surface area contributed by atoms with Gasteiger partial charge in [-0.05, 0) is 55.6 Å². The number of non-ortho nitro benzene ring substituents is 1. The average molecular weight is 502 g/mol. The van der Waals surface area contributed by atoms with Gasteiger partial charge in [0.2, 0.25) is 5.91 Å². The van der Waals surface area contributed by atoms with Crippen molar-refractivity contribution >= 4 is 44.8 Å². The molecular formula is C23H23N3O6S2. The molecule has 9 nitrogen and oxygen atoms in total. The number of nitrogens with one attached hydrogen (secondary N) is 1. The molecule has 0 spiro atoms. The lowest BCUT2D eigenvalue weighted by Crippen LogP contribution is -2.38. The molecular weight excluding hydrogens is 478 g/mol. The Hall–Kier alpha value is -3.57. The second-order valence-corrected chi connectivity index (χ2v) is 9.95. The Morgan fingerprint density at radius 1 is 1.09 bits per heavy atom. The third-order valence-corrected chi connectivity index (χ3v) is 7.46. The van der Waals surface area contributed by atoms with Crippen molar-refractivity contribution < 1.29 is 22.9 Å². The topological polar surface area (TPSA) is 119 Å². The molecule has 0 aliphatic rings. The van der Waals surface area contributed by atoms with Crippen LogP contribution >= 0.6 is 11.8 Å². The van der Waals surface area contributed by atoms with Crippen LogP contribution in [0, 0.1) is 17.0 Å². The van der Waals surface area contributed by atoms with E-state index in [1.807, 2.05) is 13.2 Å². The normalized spacial score (nSPS) is 11.0. The first-order valence-corrected chi connectivity index (χ1v) is 12.7. The van der Waals surface area contributed by atoms with Gasteiger partial charge in [-0.2, -0.15) is 0 Å². The van der Waals surface area contributed by atoms with Crippen molar-refractivity contribution in [2.75, 3.05) is 29.5 Å². The maximum Gasteiger partial charge on any atom is 0.271 e. The summed E-state index contributed by atoms with van der Waals surface area (Å²) in [6.07, 6.45) is 1.88. The number of carbonyl (C=O) groups is 1. The molecule has 0 saturated heterocycles. The van der Waals surface area contributed by atoms with Gasteiger partial charge in [0.15, 0.2) is 0 Å². The van der Waals surface area contributed by atoms with Crippen molar-refractivity contribution in [2.24, 2.45) is 0 Å². The van der Waals surface area contributed by atoms with Crippen LogP contribution in [0.2, 0.25) is 0 Å². The number of nitro benzene ring substituents is 1. The first-order chi connectivity index (χ1) is 16.1. The molecule has 0 aliphatic carbocycles. The molecule has 3 rings (SSSR count). The predicted octanol–water partition coefficient (Wildman–Crippen LogP) is 4.47. The van der Waals surface area contributed by atoms with E-state index in [-0.39, 0.29) is 22.0 Å². The maximum atomic E-state index is 13.5. The summed E-state index contributed by atoms with van der Waals surface area (Å²) in [5.41, 5.74) is 1.05. The molecule has 0 aliphatic heterocycles. The summed E-state index contributed by atoms with van der Waals surface area (Å²) < 4.78 is 33.2. The molecule has 0 unspecified atom stereocenters. The molecule has 0 aromatic heterocycles. The minimum Gasteiger partial charge on any atom is -0.495 e. The molecule has 1 amide bonds. The summed E-state index contributed by atoms with van der Waals surface area (Å²) >= 11 is 1.48. The smallest absolute Gasteiger partial charge is 0.271 e. The molecule has 178 valence electrons. The first-order valence-electron chi connectivity index (χ1n) is 10.0. The van der Waals surface area contributed by atoms with Gasteiger partial charge in [-0.15, -0.1) is 11.8 Å². The van der Waals surface area contributed by atoms with Crippen LogP contribution < -0.4 is 14.4 Å². The van der Waals surface area contributed by atoms with Crippen LogP contribution in [0.4, 0.5) is 17.1 Å². The molecule has 0 atom stereocenters. The number of sulfonamides is 1. The van der Waals surface area contributed by atoms with E-state index in [0.717, 1.165) is 20.8 Å². The van der Waals surface area contributed by atoms with Crippen molar-refractivity contribution in [3.63, 3.8) is 0 Å². The van der Waals surface area contributed by atoms with Crippen LogP contribution in [-0.4, -0.2) is 39.2 Å². The van der Waals surface area contributed by atoms with Gasteiger partial charge in [0.1, 0.15) is 12.3 Å². The summed E-state index contributed by atoms with van der Waals surface area (Å²) in [5.74, 6) is -0.486. The monoisotopic (exact) mass is 501 g/mol. The lowest BCUT2D eigenvalue weighted by atomic mass is 10.2. The number of hydrogen-bond donors (Lipinski definition) is 1. The van der Waals surface area contributed by atoms with E-state index in [2.05, 4.69) is 5.32 Å². The van der Waals surface area contributed by atoms with Crippen molar-refractivity contribution in [3.05, 3.63) is 82.4 Å². The summed E-state index contributed by atoms with van der Waals surface area (Å²) in [5, 5.41) is 13.7. The Balaban J connectivity index is 1.96. The number of anilines is 2. The predicted molar refractivity (Wildman–Crippen MR) is 132 cm³/mol. The van der Waals surface area contributed by atoms with Gasteiger partial charge < -0.3 is 10.1 Å². The number of carbonyl (C=O) groups excluding carboxylic acids is 1. The van der Waals surface area contributed by atoms with Gasteiger partial charge >= 0.3 is 0 Å². The van der Waals surface area contributed by atoms with Crippen LogP contribution in [0.5, 0.6) is 5.75 Å². The third kappa shape index (κ3) is 5.67. The zero-order valence-corrected chi connectivity index (χ0v) is 20.4. The van der Waals surface area contributed by atoms with Gasteiger partial charge in [-0.3, -0.25) is 19.2 Å². The highest BCUT2D eigenvalue weighted by Gasteiger charge is 2.28. The molecule has 0 bridgehead atoms. The Morgan fingerprint density at radius 2 is 1.74 bits per heavy atom. The average Bonchev–Trinajstić information content (AvgIpc) is 2.83. The van der Waals surface area contributed by atoms with Gasteiger partial charge in [0.05, 0.1) is 28.3 Å². The number of aryl methyl sites for hydroxylation is 1. The zero-order valence-electron chi connectivity index (χ0n) is 18.7. The maximum absolute atomic E-state index is 13.5. The van der Waals surface area contributed by atoms with E-state index in [0.29, 0.717) is 5.69 Å². The van der Waals surface area contributed by atoms with E-state index in [4.69, 9.17) is 4.74 Å². The first kappa shape index (κ1) is 25.1. The molecule has 0 fully saturated rings. The van der Waals surface area contributed by atoms with Crippen LogP contribution in [0.15, 0.2) is 76.5 Å². The highest BCUT2D eigenvalue weighted by Crippen LogP contribution is 2.30. The highest BCUT2D eigenvalue weighted by molar-refractivity contribution is 7.98. The van der Waals surface area contributed by atoms with Crippen LogP contribution in [0.25, 0.3) is 0 Å². The van der Waals surface area contributed by atoms with E-state index < -0.39 is 27.4 Å².